The summed E-state index contributed by atoms with van der Waals surface area (Å²) in [6.07, 6.45) is 1.71. The summed E-state index contributed by atoms with van der Waals surface area (Å²) in [5, 5.41) is 4.45. The van der Waals surface area contributed by atoms with E-state index in [1.807, 2.05) is 24.3 Å². The van der Waals surface area contributed by atoms with Gasteiger partial charge in [-0.1, -0.05) is 39.7 Å². The zero-order valence-corrected chi connectivity index (χ0v) is 14.2. The molecule has 2 rings (SSSR count). The number of hydrogen-bond donors (Lipinski definition) is 1. The maximum Gasteiger partial charge on any atom is 0.244 e. The number of nitrogens with zero attached hydrogens (tertiary/aromatic N) is 1. The van der Waals surface area contributed by atoms with Crippen LogP contribution < -0.4 is 10.2 Å². The first kappa shape index (κ1) is 16.5. The average Bonchev–Trinajstić information content (AvgIpc) is 2.49. The number of ether oxygens (including phenoxy) is 1. The van der Waals surface area contributed by atoms with Crippen LogP contribution in [0.15, 0.2) is 52.0 Å². The average molecular weight is 382 g/mol. The Balaban J connectivity index is 1.96. The number of carbonyl (C=O) groups excluding carboxylic acids is 1. The number of carbonyl (C=O) groups is 1. The van der Waals surface area contributed by atoms with Crippen molar-refractivity contribution in [1.29, 1.82) is 0 Å². The first-order valence-electron chi connectivity index (χ1n) is 6.48. The van der Waals surface area contributed by atoms with E-state index < -0.39 is 0 Å². The van der Waals surface area contributed by atoms with Crippen LogP contribution >= 0.6 is 27.5 Å². The second-order valence-electron chi connectivity index (χ2n) is 4.48. The van der Waals surface area contributed by atoms with Crippen molar-refractivity contribution in [1.82, 2.24) is 5.43 Å². The molecule has 6 heteroatoms. The lowest BCUT2D eigenvalue weighted by Crippen LogP contribution is -2.20. The maximum atomic E-state index is 11.9. The quantitative estimate of drug-likeness (QED) is 0.632. The lowest BCUT2D eigenvalue weighted by molar-refractivity contribution is -0.120. The van der Waals surface area contributed by atoms with Crippen LogP contribution in [0, 0.1) is 0 Å². The summed E-state index contributed by atoms with van der Waals surface area (Å²) in [5.74, 6) is 0.409. The predicted octanol–water partition coefficient (Wildman–Crippen LogP) is 3.80. The van der Waals surface area contributed by atoms with Crippen molar-refractivity contribution in [3.63, 3.8) is 0 Å². The maximum absolute atomic E-state index is 11.9. The standard InChI is InChI=1S/C16H14BrClN2O2/c1-22-14-5-6-15(18)12(8-14)9-16(21)20-19-10-11-3-2-4-13(17)7-11/h2-8,10H,9H2,1H3,(H,20,21)/b19-10+. The lowest BCUT2D eigenvalue weighted by Gasteiger charge is -2.06. The number of benzene rings is 2. The third-order valence-electron chi connectivity index (χ3n) is 2.86. The van der Waals surface area contributed by atoms with Crippen LogP contribution in [0.1, 0.15) is 11.1 Å². The van der Waals surface area contributed by atoms with Crippen molar-refractivity contribution in [3.05, 3.63) is 63.1 Å². The third-order valence-corrected chi connectivity index (χ3v) is 3.72. The Labute approximate surface area is 142 Å². The highest BCUT2D eigenvalue weighted by Gasteiger charge is 2.07. The molecule has 4 nitrogen and oxygen atoms in total. The van der Waals surface area contributed by atoms with Gasteiger partial charge in [-0.25, -0.2) is 5.43 Å². The van der Waals surface area contributed by atoms with Crippen LogP contribution in [0.2, 0.25) is 5.02 Å². The summed E-state index contributed by atoms with van der Waals surface area (Å²) in [6.45, 7) is 0. The molecule has 0 spiro atoms. The number of halogens is 2. The molecule has 0 unspecified atom stereocenters. The summed E-state index contributed by atoms with van der Waals surface area (Å²) in [6, 6.07) is 12.8. The van der Waals surface area contributed by atoms with E-state index in [1.165, 1.54) is 0 Å². The SMILES string of the molecule is COc1ccc(Cl)c(CC(=O)N/N=C/c2cccc(Br)c2)c1. The zero-order chi connectivity index (χ0) is 15.9. The van der Waals surface area contributed by atoms with E-state index in [-0.39, 0.29) is 12.3 Å². The molecule has 0 aromatic heterocycles. The van der Waals surface area contributed by atoms with Gasteiger partial charge in [0.2, 0.25) is 5.91 Å². The molecule has 1 amide bonds. The Kier molecular flexibility index (Phi) is 5.98. The van der Waals surface area contributed by atoms with Gasteiger partial charge in [-0.2, -0.15) is 5.10 Å². The van der Waals surface area contributed by atoms with Crippen LogP contribution in [0.4, 0.5) is 0 Å². The van der Waals surface area contributed by atoms with Crippen molar-refractivity contribution < 1.29 is 9.53 Å². The topological polar surface area (TPSA) is 50.7 Å². The minimum atomic E-state index is -0.249. The molecule has 0 saturated carbocycles. The van der Waals surface area contributed by atoms with Gasteiger partial charge in [0.15, 0.2) is 0 Å². The Morgan fingerprint density at radius 1 is 1.36 bits per heavy atom. The van der Waals surface area contributed by atoms with Crippen LogP contribution in [0.3, 0.4) is 0 Å². The molecule has 0 saturated heterocycles. The number of hydrazone groups is 1. The van der Waals surface area contributed by atoms with Crippen molar-refractivity contribution in [2.75, 3.05) is 7.11 Å². The highest BCUT2D eigenvalue weighted by Crippen LogP contribution is 2.22. The number of methoxy groups -OCH3 is 1. The van der Waals surface area contributed by atoms with Crippen LogP contribution in [-0.4, -0.2) is 19.2 Å². The fourth-order valence-electron chi connectivity index (χ4n) is 1.79. The van der Waals surface area contributed by atoms with Gasteiger partial charge in [0.25, 0.3) is 0 Å². The molecule has 22 heavy (non-hydrogen) atoms. The van der Waals surface area contributed by atoms with E-state index in [4.69, 9.17) is 16.3 Å². The van der Waals surface area contributed by atoms with Gasteiger partial charge in [0, 0.05) is 9.50 Å². The molecule has 0 aliphatic heterocycles. The van der Waals surface area contributed by atoms with Gasteiger partial charge in [0.1, 0.15) is 5.75 Å². The molecule has 2 aromatic rings. The Bertz CT molecular complexity index is 704. The van der Waals surface area contributed by atoms with Gasteiger partial charge in [-0.05, 0) is 41.5 Å². The van der Waals surface area contributed by atoms with Crippen molar-refractivity contribution in [2.24, 2.45) is 5.10 Å². The molecule has 114 valence electrons. The summed E-state index contributed by atoms with van der Waals surface area (Å²) < 4.78 is 6.07. The molecule has 0 aliphatic rings. The summed E-state index contributed by atoms with van der Waals surface area (Å²) in [5.41, 5.74) is 4.05. The van der Waals surface area contributed by atoms with E-state index in [1.54, 1.807) is 31.5 Å². The summed E-state index contributed by atoms with van der Waals surface area (Å²) in [4.78, 5) is 11.9. The highest BCUT2D eigenvalue weighted by atomic mass is 79.9. The molecular weight excluding hydrogens is 368 g/mol. The number of nitrogens with one attached hydrogen (secondary N) is 1. The number of rotatable bonds is 5. The Morgan fingerprint density at radius 2 is 2.18 bits per heavy atom. The summed E-state index contributed by atoms with van der Waals surface area (Å²) >= 11 is 9.44. The van der Waals surface area contributed by atoms with Gasteiger partial charge in [-0.3, -0.25) is 4.79 Å². The van der Waals surface area contributed by atoms with Gasteiger partial charge in [-0.15, -0.1) is 0 Å². The van der Waals surface area contributed by atoms with Crippen LogP contribution in [-0.2, 0) is 11.2 Å². The molecule has 2 aromatic carbocycles. The second-order valence-corrected chi connectivity index (χ2v) is 5.81. The van der Waals surface area contributed by atoms with Gasteiger partial charge < -0.3 is 4.74 Å². The number of amides is 1. The van der Waals surface area contributed by atoms with Crippen LogP contribution in [0.25, 0.3) is 0 Å². The highest BCUT2D eigenvalue weighted by molar-refractivity contribution is 9.10. The fourth-order valence-corrected chi connectivity index (χ4v) is 2.39. The molecule has 0 heterocycles. The Morgan fingerprint density at radius 3 is 2.91 bits per heavy atom. The molecule has 1 N–H and O–H groups in total. The molecule has 0 aliphatic carbocycles. The van der Waals surface area contributed by atoms with E-state index in [9.17, 15) is 4.79 Å². The van der Waals surface area contributed by atoms with Crippen LogP contribution in [0.5, 0.6) is 5.75 Å². The molecule has 0 bridgehead atoms. The molecule has 0 radical (unpaired) electrons. The number of hydrogen-bond acceptors (Lipinski definition) is 3. The monoisotopic (exact) mass is 380 g/mol. The second kappa shape index (κ2) is 7.96. The van der Waals surface area contributed by atoms with E-state index in [2.05, 4.69) is 26.5 Å². The first-order valence-corrected chi connectivity index (χ1v) is 7.65. The van der Waals surface area contributed by atoms with Crippen molar-refractivity contribution in [3.8, 4) is 5.75 Å². The fraction of sp³-hybridized carbons (Fsp3) is 0.125. The largest absolute Gasteiger partial charge is 0.497 e. The van der Waals surface area contributed by atoms with E-state index in [0.717, 1.165) is 10.0 Å². The van der Waals surface area contributed by atoms with Gasteiger partial charge in [0.05, 0.1) is 19.7 Å². The lowest BCUT2D eigenvalue weighted by atomic mass is 10.1. The third kappa shape index (κ3) is 4.86. The zero-order valence-electron chi connectivity index (χ0n) is 11.8. The summed E-state index contributed by atoms with van der Waals surface area (Å²) in [7, 11) is 1.56. The Hall–Kier alpha value is -1.85. The predicted molar refractivity (Wildman–Crippen MR) is 91.6 cm³/mol. The van der Waals surface area contributed by atoms with Gasteiger partial charge >= 0.3 is 0 Å². The minimum Gasteiger partial charge on any atom is -0.497 e. The van der Waals surface area contributed by atoms with Crippen molar-refractivity contribution in [2.45, 2.75) is 6.42 Å². The van der Waals surface area contributed by atoms with Crippen molar-refractivity contribution >= 4 is 39.7 Å². The normalized spacial score (nSPS) is 10.7. The molecule has 0 fully saturated rings. The minimum absolute atomic E-state index is 0.131. The molecule has 0 atom stereocenters. The van der Waals surface area contributed by atoms with E-state index in [0.29, 0.717) is 16.3 Å². The molecular formula is C16H14BrClN2O2. The van der Waals surface area contributed by atoms with E-state index >= 15 is 0 Å². The smallest absolute Gasteiger partial charge is 0.244 e. The first-order chi connectivity index (χ1) is 10.6.